The fraction of sp³-hybridized carbons (Fsp3) is 0.294. The predicted octanol–water partition coefficient (Wildman–Crippen LogP) is 3.90. The SMILES string of the molecule is Cc1cc(N2CCCC2)ccc1NC(=O)c1ccc(Cl)nc1. The van der Waals surface area contributed by atoms with Crippen LogP contribution in [0.2, 0.25) is 5.15 Å². The monoisotopic (exact) mass is 315 g/mol. The van der Waals surface area contributed by atoms with Gasteiger partial charge < -0.3 is 10.2 Å². The van der Waals surface area contributed by atoms with E-state index in [0.717, 1.165) is 24.3 Å². The van der Waals surface area contributed by atoms with Crippen molar-refractivity contribution in [2.45, 2.75) is 19.8 Å². The number of halogens is 1. The van der Waals surface area contributed by atoms with Crippen LogP contribution in [0.15, 0.2) is 36.5 Å². The van der Waals surface area contributed by atoms with Crippen molar-refractivity contribution in [1.29, 1.82) is 0 Å². The third kappa shape index (κ3) is 3.22. The van der Waals surface area contributed by atoms with E-state index in [1.165, 1.54) is 24.7 Å². The second-order valence-electron chi connectivity index (χ2n) is 5.52. The van der Waals surface area contributed by atoms with Crippen molar-refractivity contribution < 1.29 is 4.79 Å². The highest BCUT2D eigenvalue weighted by Crippen LogP contribution is 2.25. The molecule has 1 aliphatic heterocycles. The number of hydrogen-bond donors (Lipinski definition) is 1. The topological polar surface area (TPSA) is 45.2 Å². The molecule has 2 aromatic rings. The molecule has 5 heteroatoms. The van der Waals surface area contributed by atoms with Crippen molar-refractivity contribution in [3.05, 3.63) is 52.8 Å². The summed E-state index contributed by atoms with van der Waals surface area (Å²) in [5.41, 5.74) is 3.59. The Bertz CT molecular complexity index is 679. The van der Waals surface area contributed by atoms with Crippen LogP contribution in [0, 0.1) is 6.92 Å². The fourth-order valence-electron chi connectivity index (χ4n) is 2.66. The van der Waals surface area contributed by atoms with Gasteiger partial charge in [-0.2, -0.15) is 0 Å². The maximum atomic E-state index is 12.2. The molecule has 22 heavy (non-hydrogen) atoms. The third-order valence-corrected chi connectivity index (χ3v) is 4.14. The molecule has 0 aliphatic carbocycles. The molecule has 0 saturated carbocycles. The number of rotatable bonds is 3. The minimum atomic E-state index is -0.179. The molecule has 0 unspecified atom stereocenters. The van der Waals surface area contributed by atoms with Crippen LogP contribution in [0.1, 0.15) is 28.8 Å². The molecular weight excluding hydrogens is 298 g/mol. The first-order valence-corrected chi connectivity index (χ1v) is 7.80. The number of hydrogen-bond acceptors (Lipinski definition) is 3. The van der Waals surface area contributed by atoms with Crippen LogP contribution in [-0.2, 0) is 0 Å². The lowest BCUT2D eigenvalue weighted by Gasteiger charge is -2.19. The molecular formula is C17H18ClN3O. The van der Waals surface area contributed by atoms with Gasteiger partial charge in [-0.05, 0) is 55.7 Å². The Balaban J connectivity index is 1.74. The molecule has 0 bridgehead atoms. The molecule has 4 nitrogen and oxygen atoms in total. The summed E-state index contributed by atoms with van der Waals surface area (Å²) >= 11 is 5.73. The molecule has 1 N–H and O–H groups in total. The zero-order chi connectivity index (χ0) is 15.5. The first kappa shape index (κ1) is 14.9. The molecule has 1 fully saturated rings. The van der Waals surface area contributed by atoms with E-state index in [9.17, 15) is 4.79 Å². The number of aromatic nitrogens is 1. The summed E-state index contributed by atoms with van der Waals surface area (Å²) in [5.74, 6) is -0.179. The first-order chi connectivity index (χ1) is 10.6. The predicted molar refractivity (Wildman–Crippen MR) is 89.8 cm³/mol. The van der Waals surface area contributed by atoms with Crippen LogP contribution in [-0.4, -0.2) is 24.0 Å². The van der Waals surface area contributed by atoms with Gasteiger partial charge >= 0.3 is 0 Å². The standard InChI is InChI=1S/C17H18ClN3O/c1-12-10-14(21-8-2-3-9-21)5-6-15(12)20-17(22)13-4-7-16(18)19-11-13/h4-7,10-11H,2-3,8-9H2,1H3,(H,20,22). The van der Waals surface area contributed by atoms with Crippen molar-refractivity contribution in [2.75, 3.05) is 23.3 Å². The van der Waals surface area contributed by atoms with E-state index >= 15 is 0 Å². The van der Waals surface area contributed by atoms with Gasteiger partial charge in [0.05, 0.1) is 5.56 Å². The Morgan fingerprint density at radius 3 is 2.64 bits per heavy atom. The van der Waals surface area contributed by atoms with Gasteiger partial charge in [-0.3, -0.25) is 4.79 Å². The molecule has 2 heterocycles. The second kappa shape index (κ2) is 6.36. The number of carbonyl (C=O) groups is 1. The summed E-state index contributed by atoms with van der Waals surface area (Å²) in [6.07, 6.45) is 3.98. The Kier molecular flexibility index (Phi) is 4.29. The maximum absolute atomic E-state index is 12.2. The largest absolute Gasteiger partial charge is 0.372 e. The highest BCUT2D eigenvalue weighted by Gasteiger charge is 2.14. The quantitative estimate of drug-likeness (QED) is 0.874. The maximum Gasteiger partial charge on any atom is 0.257 e. The molecule has 0 atom stereocenters. The number of nitrogens with one attached hydrogen (secondary N) is 1. The van der Waals surface area contributed by atoms with Gasteiger partial charge in [0.2, 0.25) is 0 Å². The summed E-state index contributed by atoms with van der Waals surface area (Å²) in [5, 5.41) is 3.30. The van der Waals surface area contributed by atoms with Gasteiger partial charge in [0.25, 0.3) is 5.91 Å². The fourth-order valence-corrected chi connectivity index (χ4v) is 2.78. The van der Waals surface area contributed by atoms with Gasteiger partial charge in [0.15, 0.2) is 0 Å². The summed E-state index contributed by atoms with van der Waals surface area (Å²) in [6, 6.07) is 9.43. The second-order valence-corrected chi connectivity index (χ2v) is 5.90. The van der Waals surface area contributed by atoms with E-state index in [4.69, 9.17) is 11.6 Å². The first-order valence-electron chi connectivity index (χ1n) is 7.42. The average Bonchev–Trinajstić information content (AvgIpc) is 3.04. The zero-order valence-electron chi connectivity index (χ0n) is 12.5. The van der Waals surface area contributed by atoms with Crippen LogP contribution in [0.25, 0.3) is 0 Å². The lowest BCUT2D eigenvalue weighted by Crippen LogP contribution is -2.18. The zero-order valence-corrected chi connectivity index (χ0v) is 13.2. The van der Waals surface area contributed by atoms with E-state index in [1.807, 2.05) is 13.0 Å². The average molecular weight is 316 g/mol. The lowest BCUT2D eigenvalue weighted by molar-refractivity contribution is 0.102. The minimum Gasteiger partial charge on any atom is -0.372 e. The molecule has 1 aliphatic rings. The molecule has 1 amide bonds. The molecule has 1 aromatic carbocycles. The van der Waals surface area contributed by atoms with Gasteiger partial charge in [0, 0.05) is 30.7 Å². The lowest BCUT2D eigenvalue weighted by atomic mass is 10.1. The Morgan fingerprint density at radius 1 is 1.23 bits per heavy atom. The Labute approximate surface area is 135 Å². The number of amides is 1. The number of pyridine rings is 1. The van der Waals surface area contributed by atoms with E-state index in [2.05, 4.69) is 27.3 Å². The summed E-state index contributed by atoms with van der Waals surface area (Å²) in [4.78, 5) is 18.5. The van der Waals surface area contributed by atoms with Gasteiger partial charge in [-0.15, -0.1) is 0 Å². The normalized spacial score (nSPS) is 14.2. The molecule has 1 saturated heterocycles. The summed E-state index contributed by atoms with van der Waals surface area (Å²) in [7, 11) is 0. The molecule has 114 valence electrons. The number of anilines is 2. The highest BCUT2D eigenvalue weighted by molar-refractivity contribution is 6.29. The number of nitrogens with zero attached hydrogens (tertiary/aromatic N) is 2. The van der Waals surface area contributed by atoms with E-state index in [-0.39, 0.29) is 5.91 Å². The number of aryl methyl sites for hydroxylation is 1. The Morgan fingerprint density at radius 2 is 2.00 bits per heavy atom. The minimum absolute atomic E-state index is 0.179. The smallest absolute Gasteiger partial charge is 0.257 e. The number of carbonyl (C=O) groups excluding carboxylic acids is 1. The summed E-state index contributed by atoms with van der Waals surface area (Å²) < 4.78 is 0. The van der Waals surface area contributed by atoms with E-state index < -0.39 is 0 Å². The van der Waals surface area contributed by atoms with Crippen LogP contribution in [0.3, 0.4) is 0 Å². The molecule has 0 radical (unpaired) electrons. The van der Waals surface area contributed by atoms with Crippen molar-refractivity contribution >= 4 is 28.9 Å². The van der Waals surface area contributed by atoms with Crippen molar-refractivity contribution in [2.24, 2.45) is 0 Å². The Hall–Kier alpha value is -2.07. The van der Waals surface area contributed by atoms with Gasteiger partial charge in [-0.1, -0.05) is 11.6 Å². The van der Waals surface area contributed by atoms with E-state index in [0.29, 0.717) is 10.7 Å². The van der Waals surface area contributed by atoms with Crippen LogP contribution in [0.4, 0.5) is 11.4 Å². The number of benzene rings is 1. The molecule has 1 aromatic heterocycles. The van der Waals surface area contributed by atoms with Crippen LogP contribution in [0.5, 0.6) is 0 Å². The molecule has 0 spiro atoms. The van der Waals surface area contributed by atoms with Gasteiger partial charge in [-0.25, -0.2) is 4.98 Å². The van der Waals surface area contributed by atoms with E-state index in [1.54, 1.807) is 12.1 Å². The van der Waals surface area contributed by atoms with Crippen molar-refractivity contribution in [1.82, 2.24) is 4.98 Å². The van der Waals surface area contributed by atoms with Crippen LogP contribution < -0.4 is 10.2 Å². The van der Waals surface area contributed by atoms with Crippen LogP contribution >= 0.6 is 11.6 Å². The van der Waals surface area contributed by atoms with Gasteiger partial charge in [0.1, 0.15) is 5.15 Å². The highest BCUT2D eigenvalue weighted by atomic mass is 35.5. The van der Waals surface area contributed by atoms with Crippen molar-refractivity contribution in [3.8, 4) is 0 Å². The summed E-state index contributed by atoms with van der Waals surface area (Å²) in [6.45, 7) is 4.23. The third-order valence-electron chi connectivity index (χ3n) is 3.92. The molecule has 3 rings (SSSR count). The van der Waals surface area contributed by atoms with Crippen molar-refractivity contribution in [3.63, 3.8) is 0 Å².